The van der Waals surface area contributed by atoms with E-state index in [2.05, 4.69) is 10.0 Å². The maximum atomic E-state index is 12.7. The van der Waals surface area contributed by atoms with Gasteiger partial charge in [-0.15, -0.1) is 0 Å². The Kier molecular flexibility index (Phi) is 9.79. The van der Waals surface area contributed by atoms with E-state index >= 15 is 0 Å². The van der Waals surface area contributed by atoms with Gasteiger partial charge in [0.2, 0.25) is 15.9 Å². The minimum absolute atomic E-state index is 0.0413. The van der Waals surface area contributed by atoms with Gasteiger partial charge in [0, 0.05) is 18.4 Å². The summed E-state index contributed by atoms with van der Waals surface area (Å²) in [5.41, 5.74) is 0.139. The number of nitrogens with one attached hydrogen (secondary N) is 2. The molecule has 0 saturated carbocycles. The number of esters is 1. The number of carbonyl (C=O) groups is 3. The largest absolute Gasteiger partial charge is 0.490 e. The molecule has 0 aliphatic carbocycles. The zero-order chi connectivity index (χ0) is 26.2. The number of sulfonamides is 1. The van der Waals surface area contributed by atoms with E-state index in [0.717, 1.165) is 6.92 Å². The molecule has 2 atom stereocenters. The fraction of sp³-hybridized carbons (Fsp3) is 0.478. The lowest BCUT2D eigenvalue weighted by molar-refractivity contribution is -0.143. The van der Waals surface area contributed by atoms with Gasteiger partial charge < -0.3 is 19.2 Å². The van der Waals surface area contributed by atoms with Crippen molar-refractivity contribution >= 4 is 38.7 Å². The van der Waals surface area contributed by atoms with E-state index < -0.39 is 33.7 Å². The van der Waals surface area contributed by atoms with Crippen LogP contribution in [0.1, 0.15) is 52.3 Å². The van der Waals surface area contributed by atoms with Crippen LogP contribution >= 0.6 is 0 Å². The number of nitriles is 1. The molecule has 2 unspecified atom stereocenters. The Labute approximate surface area is 203 Å². The minimum Gasteiger partial charge on any atom is -0.490 e. The van der Waals surface area contributed by atoms with Gasteiger partial charge in [-0.2, -0.15) is 5.26 Å². The highest BCUT2D eigenvalue weighted by atomic mass is 32.2. The third-order valence-corrected chi connectivity index (χ3v) is 6.53. The molecular formula is C23H29N3O8S. The summed E-state index contributed by atoms with van der Waals surface area (Å²) in [6.07, 6.45) is 0.533. The number of hydrogen-bond donors (Lipinski definition) is 2. The quantitative estimate of drug-likeness (QED) is 0.235. The van der Waals surface area contributed by atoms with E-state index in [0.29, 0.717) is 6.42 Å². The van der Waals surface area contributed by atoms with Crippen LogP contribution in [0.25, 0.3) is 11.0 Å². The van der Waals surface area contributed by atoms with Crippen LogP contribution in [0.2, 0.25) is 0 Å². The topological polar surface area (TPSA) is 165 Å². The summed E-state index contributed by atoms with van der Waals surface area (Å²) in [4.78, 5) is 35.3. The monoisotopic (exact) mass is 507 g/mol. The molecule has 0 radical (unpaired) electrons. The molecule has 190 valence electrons. The molecule has 11 nitrogen and oxygen atoms in total. The highest BCUT2D eigenvalue weighted by molar-refractivity contribution is 7.89. The summed E-state index contributed by atoms with van der Waals surface area (Å²) in [5, 5.41) is 11.8. The number of Topliss-reactive ketones (excluding diaryl/α,β-unsaturated/α-hetero) is 1. The summed E-state index contributed by atoms with van der Waals surface area (Å²) in [7, 11) is -3.86. The molecule has 2 aromatic rings. The van der Waals surface area contributed by atoms with Crippen molar-refractivity contribution < 1.29 is 36.7 Å². The van der Waals surface area contributed by atoms with Crippen LogP contribution in [0.15, 0.2) is 27.5 Å². The predicted molar refractivity (Wildman–Crippen MR) is 125 cm³/mol. The van der Waals surface area contributed by atoms with Gasteiger partial charge in [-0.1, -0.05) is 6.92 Å². The molecule has 1 heterocycles. The Morgan fingerprint density at radius 3 is 2.54 bits per heavy atom. The van der Waals surface area contributed by atoms with Gasteiger partial charge in [0.1, 0.15) is 5.76 Å². The number of nitrogens with zero attached hydrogens (tertiary/aromatic N) is 1. The van der Waals surface area contributed by atoms with E-state index in [9.17, 15) is 22.8 Å². The van der Waals surface area contributed by atoms with Crippen molar-refractivity contribution in [2.45, 2.75) is 51.5 Å². The molecule has 1 amide bonds. The molecule has 2 N–H and O–H groups in total. The standard InChI is InChI=1S/C23H29N3O8S/c1-5-25-35(30,31)20-10-9-18(33-11-7-8-21(28)32-6-2)22-16(20)12-19(34-22)14(3)26-23(29)17(13-24)15(4)27/h9-10,12,14,17,25H,5-8,11H2,1-4H3,(H,26,29). The zero-order valence-electron chi connectivity index (χ0n) is 20.0. The maximum absolute atomic E-state index is 12.7. The average Bonchev–Trinajstić information content (AvgIpc) is 3.22. The van der Waals surface area contributed by atoms with Crippen LogP contribution in [0.5, 0.6) is 5.75 Å². The molecule has 12 heteroatoms. The molecule has 2 rings (SSSR count). The Morgan fingerprint density at radius 2 is 1.94 bits per heavy atom. The molecule has 0 aliphatic heterocycles. The first-order valence-corrected chi connectivity index (χ1v) is 12.6. The molecule has 0 saturated heterocycles. The molecule has 1 aromatic heterocycles. The number of furan rings is 1. The maximum Gasteiger partial charge on any atom is 0.305 e. The van der Waals surface area contributed by atoms with Crippen molar-refractivity contribution in [2.75, 3.05) is 19.8 Å². The van der Waals surface area contributed by atoms with Crippen LogP contribution < -0.4 is 14.8 Å². The summed E-state index contributed by atoms with van der Waals surface area (Å²) in [6, 6.07) is 5.16. The third-order valence-electron chi connectivity index (χ3n) is 4.92. The van der Waals surface area contributed by atoms with Crippen molar-refractivity contribution in [3.63, 3.8) is 0 Å². The molecule has 1 aromatic carbocycles. The third kappa shape index (κ3) is 7.03. The first kappa shape index (κ1) is 27.8. The zero-order valence-corrected chi connectivity index (χ0v) is 20.9. The van der Waals surface area contributed by atoms with Gasteiger partial charge in [0.15, 0.2) is 23.0 Å². The number of ketones is 1. The van der Waals surface area contributed by atoms with Gasteiger partial charge in [-0.25, -0.2) is 13.1 Å². The average molecular weight is 508 g/mol. The van der Waals surface area contributed by atoms with Gasteiger partial charge in [-0.3, -0.25) is 14.4 Å². The van der Waals surface area contributed by atoms with Gasteiger partial charge >= 0.3 is 5.97 Å². The summed E-state index contributed by atoms with van der Waals surface area (Å²) in [6.45, 7) is 6.69. The second kappa shape index (κ2) is 12.3. The Balaban J connectivity index is 2.38. The van der Waals surface area contributed by atoms with Crippen molar-refractivity contribution in [1.29, 1.82) is 5.26 Å². The van der Waals surface area contributed by atoms with E-state index in [-0.39, 0.29) is 59.5 Å². The van der Waals surface area contributed by atoms with Gasteiger partial charge in [0.05, 0.1) is 30.2 Å². The first-order valence-electron chi connectivity index (χ1n) is 11.1. The number of ether oxygens (including phenoxy) is 2. The number of fused-ring (bicyclic) bond motifs is 1. The molecule has 0 spiro atoms. The summed E-state index contributed by atoms with van der Waals surface area (Å²) in [5.74, 6) is -2.75. The minimum atomic E-state index is -3.86. The molecule has 0 fully saturated rings. The molecular weight excluding hydrogens is 478 g/mol. The molecule has 0 bridgehead atoms. The Bertz CT molecular complexity index is 1230. The van der Waals surface area contributed by atoms with E-state index in [4.69, 9.17) is 19.2 Å². The second-order valence-corrected chi connectivity index (χ2v) is 9.35. The van der Waals surface area contributed by atoms with Gasteiger partial charge in [-0.05, 0) is 45.4 Å². The number of benzene rings is 1. The highest BCUT2D eigenvalue weighted by Crippen LogP contribution is 2.36. The smallest absolute Gasteiger partial charge is 0.305 e. The lowest BCUT2D eigenvalue weighted by Crippen LogP contribution is -2.35. The van der Waals surface area contributed by atoms with E-state index in [1.807, 2.05) is 0 Å². The molecule has 35 heavy (non-hydrogen) atoms. The van der Waals surface area contributed by atoms with Crippen molar-refractivity contribution in [3.8, 4) is 11.8 Å². The highest BCUT2D eigenvalue weighted by Gasteiger charge is 2.27. The predicted octanol–water partition coefficient (Wildman–Crippen LogP) is 2.36. The number of amides is 1. The first-order chi connectivity index (χ1) is 16.5. The van der Waals surface area contributed by atoms with Crippen LogP contribution in [0.4, 0.5) is 0 Å². The summed E-state index contributed by atoms with van der Waals surface area (Å²) >= 11 is 0. The summed E-state index contributed by atoms with van der Waals surface area (Å²) < 4.78 is 44.4. The second-order valence-electron chi connectivity index (χ2n) is 7.61. The number of rotatable bonds is 13. The fourth-order valence-corrected chi connectivity index (χ4v) is 4.48. The fourth-order valence-electron chi connectivity index (χ4n) is 3.26. The Morgan fingerprint density at radius 1 is 1.23 bits per heavy atom. The van der Waals surface area contributed by atoms with Crippen LogP contribution in [-0.2, 0) is 29.1 Å². The van der Waals surface area contributed by atoms with Gasteiger partial charge in [0.25, 0.3) is 0 Å². The van der Waals surface area contributed by atoms with Crippen LogP contribution in [-0.4, -0.2) is 45.8 Å². The lowest BCUT2D eigenvalue weighted by Gasteiger charge is -2.13. The SMILES string of the molecule is CCNS(=O)(=O)c1ccc(OCCCC(=O)OCC)c2oc(C(C)NC(=O)C(C#N)C(C)=O)cc12. The van der Waals surface area contributed by atoms with Crippen LogP contribution in [0, 0.1) is 17.2 Å². The lowest BCUT2D eigenvalue weighted by atomic mass is 10.1. The molecule has 0 aliphatic rings. The number of carbonyl (C=O) groups excluding carboxylic acids is 3. The van der Waals surface area contributed by atoms with Crippen molar-refractivity contribution in [1.82, 2.24) is 10.0 Å². The number of hydrogen-bond acceptors (Lipinski definition) is 9. The normalized spacial score (nSPS) is 13.0. The Hall–Kier alpha value is -3.43. The van der Waals surface area contributed by atoms with Crippen LogP contribution in [0.3, 0.4) is 0 Å². The van der Waals surface area contributed by atoms with E-state index in [1.165, 1.54) is 18.2 Å². The van der Waals surface area contributed by atoms with Crippen molar-refractivity contribution in [2.24, 2.45) is 5.92 Å². The van der Waals surface area contributed by atoms with E-state index in [1.54, 1.807) is 26.8 Å². The van der Waals surface area contributed by atoms with Crippen molar-refractivity contribution in [3.05, 3.63) is 24.0 Å².